The fourth-order valence-corrected chi connectivity index (χ4v) is 4.47. The number of nitrogens with two attached hydrogens (primary N) is 1. The Morgan fingerprint density at radius 2 is 1.19 bits per heavy atom. The summed E-state index contributed by atoms with van der Waals surface area (Å²) in [5.41, 5.74) is 11.4. The van der Waals surface area contributed by atoms with E-state index in [0.29, 0.717) is 12.2 Å². The molecule has 0 bridgehead atoms. The van der Waals surface area contributed by atoms with Crippen LogP contribution in [0.25, 0.3) is 34.2 Å². The molecule has 0 amide bonds. The molecule has 0 fully saturated rings. The number of aromatic nitrogens is 5. The number of anilines is 1. The van der Waals surface area contributed by atoms with Crippen molar-refractivity contribution >= 4 is 5.82 Å². The molecule has 0 spiro atoms. The molecule has 2 heterocycles. The van der Waals surface area contributed by atoms with E-state index in [0.717, 1.165) is 45.5 Å². The lowest BCUT2D eigenvalue weighted by Gasteiger charge is -2.12. The van der Waals surface area contributed by atoms with Crippen molar-refractivity contribution in [2.75, 3.05) is 5.73 Å². The Morgan fingerprint density at radius 1 is 0.583 bits per heavy atom. The van der Waals surface area contributed by atoms with Crippen LogP contribution in [0.1, 0.15) is 11.4 Å². The molecule has 6 heteroatoms. The summed E-state index contributed by atoms with van der Waals surface area (Å²) in [4.78, 5) is 4.62. The quantitative estimate of drug-likeness (QED) is 0.327. The van der Waals surface area contributed by atoms with Gasteiger partial charge in [-0.2, -0.15) is 0 Å². The van der Waals surface area contributed by atoms with Gasteiger partial charge >= 0.3 is 0 Å². The van der Waals surface area contributed by atoms with Crippen molar-refractivity contribution in [3.63, 3.8) is 0 Å². The number of rotatable bonds is 6. The number of benzene rings is 4. The molecule has 2 aromatic heterocycles. The molecule has 0 atom stereocenters. The van der Waals surface area contributed by atoms with E-state index in [-0.39, 0.29) is 0 Å². The average Bonchev–Trinajstić information content (AvgIpc) is 3.54. The highest BCUT2D eigenvalue weighted by atomic mass is 15.3. The lowest BCUT2D eigenvalue weighted by molar-refractivity contribution is 0.907. The summed E-state index contributed by atoms with van der Waals surface area (Å²) in [6.07, 6.45) is 2.32. The van der Waals surface area contributed by atoms with Crippen LogP contribution in [-0.2, 0) is 6.42 Å². The van der Waals surface area contributed by atoms with Crippen LogP contribution in [-0.4, -0.2) is 24.3 Å². The normalized spacial score (nSPS) is 11.0. The van der Waals surface area contributed by atoms with E-state index in [1.54, 1.807) is 6.20 Å². The molecule has 0 radical (unpaired) electrons. The molecule has 36 heavy (non-hydrogen) atoms. The SMILES string of the molecule is Nc1cnc(-c2cccc(Cc3nnc(-c4ccccc4)n3-c3ccccc3)c2)n1-c1ccccc1. The molecule has 0 saturated heterocycles. The summed E-state index contributed by atoms with van der Waals surface area (Å²) in [6, 6.07) is 38.8. The third kappa shape index (κ3) is 4.05. The maximum atomic E-state index is 6.29. The lowest BCUT2D eigenvalue weighted by atomic mass is 10.1. The fraction of sp³-hybridized carbons (Fsp3) is 0.0333. The molecule has 6 aromatic rings. The molecule has 0 saturated carbocycles. The Hall–Kier alpha value is -4.97. The van der Waals surface area contributed by atoms with Gasteiger partial charge in [0.2, 0.25) is 0 Å². The Balaban J connectivity index is 1.40. The van der Waals surface area contributed by atoms with Gasteiger partial charge in [0, 0.05) is 28.9 Å². The van der Waals surface area contributed by atoms with Crippen molar-refractivity contribution in [2.45, 2.75) is 6.42 Å². The monoisotopic (exact) mass is 468 g/mol. The predicted molar refractivity (Wildman–Crippen MR) is 143 cm³/mol. The minimum Gasteiger partial charge on any atom is -0.383 e. The largest absolute Gasteiger partial charge is 0.383 e. The first-order chi connectivity index (χ1) is 17.8. The smallest absolute Gasteiger partial charge is 0.168 e. The molecular weight excluding hydrogens is 444 g/mol. The summed E-state index contributed by atoms with van der Waals surface area (Å²) in [5, 5.41) is 9.18. The van der Waals surface area contributed by atoms with Crippen LogP contribution in [0, 0.1) is 0 Å². The molecule has 2 N–H and O–H groups in total. The molecule has 0 aliphatic carbocycles. The van der Waals surface area contributed by atoms with Crippen LogP contribution >= 0.6 is 0 Å². The van der Waals surface area contributed by atoms with E-state index in [1.807, 2.05) is 77.4 Å². The Bertz CT molecular complexity index is 1600. The van der Waals surface area contributed by atoms with Crippen molar-refractivity contribution in [3.8, 4) is 34.2 Å². The van der Waals surface area contributed by atoms with Crippen molar-refractivity contribution in [3.05, 3.63) is 133 Å². The zero-order chi connectivity index (χ0) is 24.3. The van der Waals surface area contributed by atoms with Crippen molar-refractivity contribution in [1.82, 2.24) is 24.3 Å². The molecule has 0 aliphatic heterocycles. The average molecular weight is 469 g/mol. The van der Waals surface area contributed by atoms with E-state index in [4.69, 9.17) is 5.73 Å². The summed E-state index contributed by atoms with van der Waals surface area (Å²) in [7, 11) is 0. The van der Waals surface area contributed by atoms with Crippen molar-refractivity contribution in [1.29, 1.82) is 0 Å². The van der Waals surface area contributed by atoms with Crippen LogP contribution in [0.3, 0.4) is 0 Å². The number of nitrogens with zero attached hydrogens (tertiary/aromatic N) is 5. The zero-order valence-electron chi connectivity index (χ0n) is 19.6. The van der Waals surface area contributed by atoms with Gasteiger partial charge in [-0.25, -0.2) is 4.98 Å². The topological polar surface area (TPSA) is 74.6 Å². The van der Waals surface area contributed by atoms with Gasteiger partial charge in [-0.15, -0.1) is 10.2 Å². The first-order valence-corrected chi connectivity index (χ1v) is 11.8. The van der Waals surface area contributed by atoms with Gasteiger partial charge in [0.1, 0.15) is 17.5 Å². The van der Waals surface area contributed by atoms with Gasteiger partial charge in [0.25, 0.3) is 0 Å². The van der Waals surface area contributed by atoms with Gasteiger partial charge in [0.15, 0.2) is 5.82 Å². The Morgan fingerprint density at radius 3 is 1.89 bits per heavy atom. The van der Waals surface area contributed by atoms with Crippen LogP contribution < -0.4 is 5.73 Å². The number of hydrogen-bond acceptors (Lipinski definition) is 4. The van der Waals surface area contributed by atoms with Gasteiger partial charge in [-0.05, 0) is 35.9 Å². The van der Waals surface area contributed by atoms with Gasteiger partial charge in [-0.3, -0.25) is 9.13 Å². The zero-order valence-corrected chi connectivity index (χ0v) is 19.6. The highest BCUT2D eigenvalue weighted by Crippen LogP contribution is 2.28. The minimum absolute atomic E-state index is 0.595. The molecule has 0 aliphatic rings. The third-order valence-electron chi connectivity index (χ3n) is 6.13. The number of imidazole rings is 1. The van der Waals surface area contributed by atoms with Crippen LogP contribution in [0.15, 0.2) is 121 Å². The van der Waals surface area contributed by atoms with E-state index >= 15 is 0 Å². The number of para-hydroxylation sites is 2. The molecule has 174 valence electrons. The van der Waals surface area contributed by atoms with Crippen LogP contribution in [0.5, 0.6) is 0 Å². The Labute approximate surface area is 209 Å². The van der Waals surface area contributed by atoms with E-state index in [9.17, 15) is 0 Å². The van der Waals surface area contributed by atoms with Crippen molar-refractivity contribution < 1.29 is 0 Å². The number of hydrogen-bond donors (Lipinski definition) is 1. The molecule has 4 aromatic carbocycles. The second-order valence-electron chi connectivity index (χ2n) is 8.53. The van der Waals surface area contributed by atoms with Crippen LogP contribution in [0.2, 0.25) is 0 Å². The first kappa shape index (κ1) is 21.6. The second-order valence-corrected chi connectivity index (χ2v) is 8.53. The summed E-state index contributed by atoms with van der Waals surface area (Å²) >= 11 is 0. The standard InChI is InChI=1S/C30H24N6/c31-27-21-32-29(35(27)25-15-6-2-7-16-25)24-14-10-11-22(19-24)20-28-33-34-30(23-12-4-1-5-13-23)36(28)26-17-8-3-9-18-26/h1-19,21H,20,31H2. The maximum Gasteiger partial charge on any atom is 0.168 e. The second kappa shape index (κ2) is 9.35. The molecular formula is C30H24N6. The van der Waals surface area contributed by atoms with Gasteiger partial charge in [0.05, 0.1) is 6.20 Å². The Kier molecular flexibility index (Phi) is 5.60. The summed E-state index contributed by atoms with van der Waals surface area (Å²) in [5.74, 6) is 3.08. The third-order valence-corrected chi connectivity index (χ3v) is 6.13. The molecule has 0 unspecified atom stereocenters. The lowest BCUT2D eigenvalue weighted by Crippen LogP contribution is -2.05. The van der Waals surface area contributed by atoms with E-state index < -0.39 is 0 Å². The molecule has 6 rings (SSSR count). The fourth-order valence-electron chi connectivity index (χ4n) is 4.47. The molecule has 6 nitrogen and oxygen atoms in total. The highest BCUT2D eigenvalue weighted by Gasteiger charge is 2.17. The maximum absolute atomic E-state index is 6.29. The summed E-state index contributed by atoms with van der Waals surface area (Å²) < 4.78 is 4.10. The number of nitrogen functional groups attached to an aromatic ring is 1. The van der Waals surface area contributed by atoms with Gasteiger partial charge in [-0.1, -0.05) is 84.9 Å². The summed E-state index contributed by atoms with van der Waals surface area (Å²) in [6.45, 7) is 0. The highest BCUT2D eigenvalue weighted by molar-refractivity contribution is 5.64. The van der Waals surface area contributed by atoms with Crippen LogP contribution in [0.4, 0.5) is 5.82 Å². The van der Waals surface area contributed by atoms with E-state index in [2.05, 4.69) is 62.2 Å². The van der Waals surface area contributed by atoms with Gasteiger partial charge < -0.3 is 5.73 Å². The van der Waals surface area contributed by atoms with E-state index in [1.165, 1.54) is 0 Å². The predicted octanol–water partition coefficient (Wildman–Crippen LogP) is 5.96. The first-order valence-electron chi connectivity index (χ1n) is 11.8. The minimum atomic E-state index is 0.595. The van der Waals surface area contributed by atoms with Crippen molar-refractivity contribution in [2.24, 2.45) is 0 Å².